The maximum atomic E-state index is 11.5. The van der Waals surface area contributed by atoms with Crippen molar-refractivity contribution in [1.82, 2.24) is 0 Å². The molecule has 14 heavy (non-hydrogen) atoms. The summed E-state index contributed by atoms with van der Waals surface area (Å²) >= 11 is 5.37. The first-order chi connectivity index (χ1) is 6.62. The third-order valence-electron chi connectivity index (χ3n) is 1.79. The van der Waals surface area contributed by atoms with Gasteiger partial charge in [0.15, 0.2) is 0 Å². The molecule has 0 spiro atoms. The molecule has 0 fully saturated rings. The summed E-state index contributed by atoms with van der Waals surface area (Å²) in [5, 5.41) is 0. The molecule has 86 valence electrons. The van der Waals surface area contributed by atoms with E-state index in [1.165, 1.54) is 37.1 Å². The van der Waals surface area contributed by atoms with Gasteiger partial charge in [-0.2, -0.15) is 0 Å². The molecule has 1 unspecified atom stereocenters. The molecule has 0 aromatic carbocycles. The smallest absolute Gasteiger partial charge is 0.310 e. The van der Waals surface area contributed by atoms with Crippen LogP contribution >= 0.6 is 29.4 Å². The maximum absolute atomic E-state index is 11.5. The zero-order valence-electron chi connectivity index (χ0n) is 9.07. The monoisotopic (exact) mass is 256 g/mol. The van der Waals surface area contributed by atoms with E-state index in [0.717, 1.165) is 12.2 Å². The quantitative estimate of drug-likeness (QED) is 0.366. The number of rotatable bonds is 9. The van der Waals surface area contributed by atoms with Crippen molar-refractivity contribution in [2.24, 2.45) is 0 Å². The molecule has 0 aromatic heterocycles. The average molecular weight is 256 g/mol. The third-order valence-corrected chi connectivity index (χ3v) is 6.41. The van der Waals surface area contributed by atoms with Crippen LogP contribution in [0.15, 0.2) is 0 Å². The molecule has 0 amide bonds. The molecule has 0 aliphatic carbocycles. The van der Waals surface area contributed by atoms with Crippen LogP contribution in [0.2, 0.25) is 0 Å². The topological polar surface area (TPSA) is 26.3 Å². The van der Waals surface area contributed by atoms with Gasteiger partial charge in [0.2, 0.25) is 0 Å². The lowest BCUT2D eigenvalue weighted by atomic mass is 10.2. The summed E-state index contributed by atoms with van der Waals surface area (Å²) in [4.78, 5) is 0. The molecule has 0 radical (unpaired) electrons. The lowest BCUT2D eigenvalue weighted by molar-refractivity contribution is 0.358. The van der Waals surface area contributed by atoms with Crippen molar-refractivity contribution in [2.75, 3.05) is 12.4 Å². The zero-order valence-corrected chi connectivity index (χ0v) is 11.7. The third kappa shape index (κ3) is 9.45. The highest BCUT2D eigenvalue weighted by atomic mass is 33.1. The van der Waals surface area contributed by atoms with Gasteiger partial charge in [-0.05, 0) is 13.3 Å². The van der Waals surface area contributed by atoms with Crippen LogP contribution in [0.3, 0.4) is 0 Å². The van der Waals surface area contributed by atoms with Crippen LogP contribution in [0, 0.1) is 0 Å². The van der Waals surface area contributed by atoms with Crippen LogP contribution in [-0.2, 0) is 9.09 Å². The Morgan fingerprint density at radius 2 is 1.86 bits per heavy atom. The molecule has 0 aliphatic rings. The SMILES string of the molecule is CCCCCCCSP(=O)(S)OCC. The molecule has 1 atom stereocenters. The Morgan fingerprint density at radius 1 is 1.21 bits per heavy atom. The Bertz CT molecular complexity index is 176. The minimum absolute atomic E-state index is 0.476. The van der Waals surface area contributed by atoms with Gasteiger partial charge in [0.25, 0.3) is 0 Å². The normalized spacial score (nSPS) is 15.4. The average Bonchev–Trinajstić information content (AvgIpc) is 2.11. The minimum atomic E-state index is -2.64. The molecular formula is C9H21O2PS2. The van der Waals surface area contributed by atoms with Crippen LogP contribution in [0.25, 0.3) is 0 Å². The van der Waals surface area contributed by atoms with E-state index in [4.69, 9.17) is 4.52 Å². The van der Waals surface area contributed by atoms with E-state index in [0.29, 0.717) is 6.61 Å². The molecule has 5 heteroatoms. The van der Waals surface area contributed by atoms with Crippen molar-refractivity contribution in [3.8, 4) is 0 Å². The zero-order chi connectivity index (χ0) is 10.9. The first-order valence-electron chi connectivity index (χ1n) is 5.24. The highest BCUT2D eigenvalue weighted by Crippen LogP contribution is 2.63. The van der Waals surface area contributed by atoms with Crippen LogP contribution < -0.4 is 0 Å². The van der Waals surface area contributed by atoms with Crippen LogP contribution in [-0.4, -0.2) is 12.4 Å². The summed E-state index contributed by atoms with van der Waals surface area (Å²) in [6.07, 6.45) is 6.18. The minimum Gasteiger partial charge on any atom is -0.314 e. The van der Waals surface area contributed by atoms with Gasteiger partial charge >= 0.3 is 5.77 Å². The summed E-state index contributed by atoms with van der Waals surface area (Å²) in [5.41, 5.74) is 0. The van der Waals surface area contributed by atoms with E-state index in [2.05, 4.69) is 19.2 Å². The molecule has 0 saturated heterocycles. The van der Waals surface area contributed by atoms with Gasteiger partial charge < -0.3 is 4.52 Å². The van der Waals surface area contributed by atoms with Gasteiger partial charge in [0.1, 0.15) is 0 Å². The van der Waals surface area contributed by atoms with Crippen LogP contribution in [0.4, 0.5) is 0 Å². The van der Waals surface area contributed by atoms with E-state index < -0.39 is 5.77 Å². The highest BCUT2D eigenvalue weighted by Gasteiger charge is 2.16. The van der Waals surface area contributed by atoms with E-state index >= 15 is 0 Å². The van der Waals surface area contributed by atoms with Crippen molar-refractivity contribution in [3.63, 3.8) is 0 Å². The van der Waals surface area contributed by atoms with Crippen molar-refractivity contribution in [2.45, 2.75) is 46.0 Å². The summed E-state index contributed by atoms with van der Waals surface area (Å²) < 4.78 is 16.5. The molecule has 0 aliphatic heterocycles. The number of hydrogen-bond donors (Lipinski definition) is 1. The van der Waals surface area contributed by atoms with Gasteiger partial charge in [0, 0.05) is 5.75 Å². The van der Waals surface area contributed by atoms with Crippen LogP contribution in [0.1, 0.15) is 46.0 Å². The predicted octanol–water partition coefficient (Wildman–Crippen LogP) is 4.76. The van der Waals surface area contributed by atoms with Crippen molar-refractivity contribution in [1.29, 1.82) is 0 Å². The van der Waals surface area contributed by atoms with E-state index in [1.807, 2.05) is 6.92 Å². The fourth-order valence-corrected chi connectivity index (χ4v) is 4.75. The summed E-state index contributed by atoms with van der Waals surface area (Å²) in [7, 11) is 0. The first kappa shape index (κ1) is 14.9. The second-order valence-corrected chi connectivity index (χ2v) is 9.60. The second-order valence-electron chi connectivity index (χ2n) is 3.13. The largest absolute Gasteiger partial charge is 0.314 e. The Labute approximate surface area is 96.9 Å². The summed E-state index contributed by atoms with van der Waals surface area (Å²) in [6.45, 7) is 4.51. The molecule has 0 aromatic rings. The van der Waals surface area contributed by atoms with Gasteiger partial charge in [-0.1, -0.05) is 56.2 Å². The Kier molecular flexibility index (Phi) is 9.72. The number of thiol groups is 1. The first-order valence-corrected chi connectivity index (χ1v) is 9.61. The Hall–Kier alpha value is 0.890. The van der Waals surface area contributed by atoms with Gasteiger partial charge in [-0.15, -0.1) is 0 Å². The highest BCUT2D eigenvalue weighted by molar-refractivity contribution is 8.84. The predicted molar refractivity (Wildman–Crippen MR) is 69.4 cm³/mol. The molecule has 0 rings (SSSR count). The van der Waals surface area contributed by atoms with E-state index in [1.54, 1.807) is 0 Å². The summed E-state index contributed by atoms with van der Waals surface area (Å²) in [6, 6.07) is 0. The van der Waals surface area contributed by atoms with Gasteiger partial charge in [-0.3, -0.25) is 4.57 Å². The van der Waals surface area contributed by atoms with Crippen LogP contribution in [0.5, 0.6) is 0 Å². The van der Waals surface area contributed by atoms with Crippen molar-refractivity contribution >= 4 is 29.4 Å². The number of unbranched alkanes of at least 4 members (excludes halogenated alkanes) is 4. The van der Waals surface area contributed by atoms with Gasteiger partial charge in [0.05, 0.1) is 6.61 Å². The lowest BCUT2D eigenvalue weighted by Crippen LogP contribution is -1.84. The molecule has 0 bridgehead atoms. The molecule has 0 N–H and O–H groups in total. The second kappa shape index (κ2) is 9.14. The van der Waals surface area contributed by atoms with Crippen molar-refractivity contribution < 1.29 is 9.09 Å². The van der Waals surface area contributed by atoms with Crippen molar-refractivity contribution in [3.05, 3.63) is 0 Å². The molecular weight excluding hydrogens is 235 g/mol. The Balaban J connectivity index is 3.30. The molecule has 0 heterocycles. The number of hydrogen-bond acceptors (Lipinski definition) is 3. The lowest BCUT2D eigenvalue weighted by Gasteiger charge is -2.09. The van der Waals surface area contributed by atoms with E-state index in [9.17, 15) is 4.57 Å². The summed E-state index contributed by atoms with van der Waals surface area (Å²) in [5.74, 6) is -1.74. The fourth-order valence-electron chi connectivity index (χ4n) is 1.09. The molecule has 2 nitrogen and oxygen atoms in total. The standard InChI is InChI=1S/C9H21O2PS2/c1-3-5-6-7-8-9-14-12(10,13)11-4-2/h3-9H2,1-2H3,(H,10,13). The molecule has 0 saturated carbocycles. The maximum Gasteiger partial charge on any atom is 0.310 e. The Morgan fingerprint density at radius 3 is 2.43 bits per heavy atom. The van der Waals surface area contributed by atoms with Gasteiger partial charge in [-0.25, -0.2) is 0 Å². The fraction of sp³-hybridized carbons (Fsp3) is 1.00. The van der Waals surface area contributed by atoms with E-state index in [-0.39, 0.29) is 0 Å².